The molecule has 0 aromatic heterocycles. The summed E-state index contributed by atoms with van der Waals surface area (Å²) in [5.41, 5.74) is -0.652. The molecule has 1 N–H and O–H groups in total. The fraction of sp³-hybridized carbons (Fsp3) is 0.571. The van der Waals surface area contributed by atoms with Crippen molar-refractivity contribution in [2.75, 3.05) is 19.8 Å². The normalized spacial score (nSPS) is 21.6. The number of hydrogen-bond acceptors (Lipinski definition) is 3. The zero-order valence-corrected chi connectivity index (χ0v) is 11.2. The minimum atomic E-state index is -0.954. The van der Waals surface area contributed by atoms with E-state index in [2.05, 4.69) is 0 Å². The molecule has 0 spiro atoms. The van der Waals surface area contributed by atoms with Gasteiger partial charge in [-0.3, -0.25) is 4.90 Å². The molecular weight excluding hydrogens is 252 g/mol. The fourth-order valence-electron chi connectivity index (χ4n) is 2.36. The summed E-state index contributed by atoms with van der Waals surface area (Å²) in [5.74, 6) is -0.883. The molecule has 1 aromatic carbocycles. The molecule has 1 unspecified atom stereocenters. The van der Waals surface area contributed by atoms with E-state index >= 15 is 0 Å². The summed E-state index contributed by atoms with van der Waals surface area (Å²) < 4.78 is 32.2. The van der Waals surface area contributed by atoms with E-state index in [0.717, 1.165) is 12.1 Å². The lowest BCUT2D eigenvalue weighted by Crippen LogP contribution is -2.55. The number of halogens is 2. The number of ether oxygens (including phenoxy) is 1. The Kier molecular flexibility index (Phi) is 4.18. The van der Waals surface area contributed by atoms with Crippen molar-refractivity contribution in [3.8, 4) is 0 Å². The Morgan fingerprint density at radius 2 is 2.16 bits per heavy atom. The largest absolute Gasteiger partial charge is 0.389 e. The zero-order valence-electron chi connectivity index (χ0n) is 11.2. The highest BCUT2D eigenvalue weighted by atomic mass is 19.1. The van der Waals surface area contributed by atoms with Crippen molar-refractivity contribution in [1.82, 2.24) is 4.90 Å². The van der Waals surface area contributed by atoms with Gasteiger partial charge in [0, 0.05) is 18.7 Å². The van der Waals surface area contributed by atoms with Crippen LogP contribution >= 0.6 is 0 Å². The summed E-state index contributed by atoms with van der Waals surface area (Å²) in [5, 5.41) is 10.1. The van der Waals surface area contributed by atoms with Crippen molar-refractivity contribution in [2.24, 2.45) is 0 Å². The third-order valence-electron chi connectivity index (χ3n) is 3.44. The standard InChI is InChI=1S/C14H19F2NO2/c1-14(2,18)13-9-19-6-5-17(13)8-10-7-11(15)3-4-12(10)16/h3-4,7,13,18H,5-6,8-9H2,1-2H3. The third-order valence-corrected chi connectivity index (χ3v) is 3.44. The van der Waals surface area contributed by atoms with Crippen molar-refractivity contribution < 1.29 is 18.6 Å². The van der Waals surface area contributed by atoms with Gasteiger partial charge >= 0.3 is 0 Å². The third kappa shape index (κ3) is 3.49. The summed E-state index contributed by atoms with van der Waals surface area (Å²) in [7, 11) is 0. The molecule has 1 heterocycles. The minimum Gasteiger partial charge on any atom is -0.389 e. The molecule has 1 saturated heterocycles. The Labute approximate surface area is 111 Å². The van der Waals surface area contributed by atoms with Gasteiger partial charge < -0.3 is 9.84 Å². The molecule has 0 bridgehead atoms. The number of aliphatic hydroxyl groups is 1. The van der Waals surface area contributed by atoms with Gasteiger partial charge in [-0.25, -0.2) is 8.78 Å². The first kappa shape index (κ1) is 14.4. The molecule has 1 aliphatic heterocycles. The van der Waals surface area contributed by atoms with Gasteiger partial charge in [0.1, 0.15) is 11.6 Å². The van der Waals surface area contributed by atoms with Gasteiger partial charge in [-0.1, -0.05) is 0 Å². The number of hydrogen-bond donors (Lipinski definition) is 1. The van der Waals surface area contributed by atoms with Gasteiger partial charge in [0.2, 0.25) is 0 Å². The van der Waals surface area contributed by atoms with Crippen LogP contribution in [0.4, 0.5) is 8.78 Å². The molecule has 0 saturated carbocycles. The van der Waals surface area contributed by atoms with Crippen molar-refractivity contribution in [2.45, 2.75) is 32.0 Å². The predicted molar refractivity (Wildman–Crippen MR) is 67.7 cm³/mol. The second-order valence-electron chi connectivity index (χ2n) is 5.45. The molecule has 19 heavy (non-hydrogen) atoms. The zero-order chi connectivity index (χ0) is 14.0. The molecule has 0 radical (unpaired) electrons. The van der Waals surface area contributed by atoms with Crippen LogP contribution in [0.3, 0.4) is 0 Å². The maximum absolute atomic E-state index is 13.7. The maximum Gasteiger partial charge on any atom is 0.127 e. The van der Waals surface area contributed by atoms with E-state index in [9.17, 15) is 13.9 Å². The number of benzene rings is 1. The van der Waals surface area contributed by atoms with E-state index in [1.54, 1.807) is 13.8 Å². The van der Waals surface area contributed by atoms with Gasteiger partial charge in [0.15, 0.2) is 0 Å². The average molecular weight is 271 g/mol. The molecule has 0 amide bonds. The van der Waals surface area contributed by atoms with Crippen molar-refractivity contribution in [3.05, 3.63) is 35.4 Å². The highest BCUT2D eigenvalue weighted by molar-refractivity contribution is 5.19. The van der Waals surface area contributed by atoms with Gasteiger partial charge in [-0.05, 0) is 32.0 Å². The van der Waals surface area contributed by atoms with Crippen molar-refractivity contribution in [1.29, 1.82) is 0 Å². The van der Waals surface area contributed by atoms with Crippen LogP contribution in [0.15, 0.2) is 18.2 Å². The Hall–Kier alpha value is -1.04. The lowest BCUT2D eigenvalue weighted by atomic mass is 9.96. The molecule has 2 rings (SSSR count). The second-order valence-corrected chi connectivity index (χ2v) is 5.45. The molecule has 0 aliphatic carbocycles. The van der Waals surface area contributed by atoms with Crippen LogP contribution in [-0.4, -0.2) is 41.4 Å². The SMILES string of the molecule is CC(C)(O)C1COCCN1Cc1cc(F)ccc1F. The van der Waals surface area contributed by atoms with E-state index in [1.165, 1.54) is 6.07 Å². The summed E-state index contributed by atoms with van der Waals surface area (Å²) >= 11 is 0. The van der Waals surface area contributed by atoms with Gasteiger partial charge in [-0.15, -0.1) is 0 Å². The van der Waals surface area contributed by atoms with Crippen LogP contribution < -0.4 is 0 Å². The predicted octanol–water partition coefficient (Wildman–Crippen LogP) is 1.94. The minimum absolute atomic E-state index is 0.232. The first-order valence-corrected chi connectivity index (χ1v) is 6.36. The first-order valence-electron chi connectivity index (χ1n) is 6.36. The lowest BCUT2D eigenvalue weighted by Gasteiger charge is -2.42. The fourth-order valence-corrected chi connectivity index (χ4v) is 2.36. The maximum atomic E-state index is 13.7. The summed E-state index contributed by atoms with van der Waals surface area (Å²) in [6.07, 6.45) is 0. The van der Waals surface area contributed by atoms with E-state index in [-0.39, 0.29) is 12.6 Å². The van der Waals surface area contributed by atoms with E-state index in [4.69, 9.17) is 4.74 Å². The average Bonchev–Trinajstić information content (AvgIpc) is 2.33. The molecule has 1 aromatic rings. The summed E-state index contributed by atoms with van der Waals surface area (Å²) in [6, 6.07) is 3.20. The quantitative estimate of drug-likeness (QED) is 0.912. The number of rotatable bonds is 3. The van der Waals surface area contributed by atoms with Crippen LogP contribution in [0, 0.1) is 11.6 Å². The molecule has 3 nitrogen and oxygen atoms in total. The molecule has 5 heteroatoms. The highest BCUT2D eigenvalue weighted by Crippen LogP contribution is 2.22. The molecular formula is C14H19F2NO2. The highest BCUT2D eigenvalue weighted by Gasteiger charge is 2.35. The van der Waals surface area contributed by atoms with Crippen LogP contribution in [-0.2, 0) is 11.3 Å². The summed E-state index contributed by atoms with van der Waals surface area (Å²) in [4.78, 5) is 1.93. The number of nitrogens with zero attached hydrogens (tertiary/aromatic N) is 1. The molecule has 106 valence electrons. The molecule has 1 atom stereocenters. The topological polar surface area (TPSA) is 32.7 Å². The van der Waals surface area contributed by atoms with Gasteiger partial charge in [0.05, 0.1) is 24.9 Å². The first-order chi connectivity index (χ1) is 8.88. The van der Waals surface area contributed by atoms with Gasteiger partial charge in [-0.2, -0.15) is 0 Å². The number of morpholine rings is 1. The van der Waals surface area contributed by atoms with Gasteiger partial charge in [0.25, 0.3) is 0 Å². The summed E-state index contributed by atoms with van der Waals surface area (Å²) in [6.45, 7) is 5.17. The van der Waals surface area contributed by atoms with E-state index < -0.39 is 17.2 Å². The molecule has 1 fully saturated rings. The van der Waals surface area contributed by atoms with Crippen LogP contribution in [0.25, 0.3) is 0 Å². The van der Waals surface area contributed by atoms with Crippen molar-refractivity contribution in [3.63, 3.8) is 0 Å². The second kappa shape index (κ2) is 5.53. The lowest BCUT2D eigenvalue weighted by molar-refractivity contribution is -0.0984. The molecule has 1 aliphatic rings. The Bertz CT molecular complexity index is 446. The smallest absolute Gasteiger partial charge is 0.127 e. The van der Waals surface area contributed by atoms with Crippen LogP contribution in [0.1, 0.15) is 19.4 Å². The van der Waals surface area contributed by atoms with E-state index in [0.29, 0.717) is 25.3 Å². The Balaban J connectivity index is 2.17. The Morgan fingerprint density at radius 3 is 2.84 bits per heavy atom. The van der Waals surface area contributed by atoms with Crippen molar-refractivity contribution >= 4 is 0 Å². The Morgan fingerprint density at radius 1 is 1.42 bits per heavy atom. The van der Waals surface area contributed by atoms with Crippen LogP contribution in [0.5, 0.6) is 0 Å². The van der Waals surface area contributed by atoms with E-state index in [1.807, 2.05) is 4.90 Å². The monoisotopic (exact) mass is 271 g/mol. The van der Waals surface area contributed by atoms with Crippen LogP contribution in [0.2, 0.25) is 0 Å².